The molecule has 0 aromatic carbocycles. The van der Waals surface area contributed by atoms with Gasteiger partial charge in [-0.05, 0) is 6.42 Å². The van der Waals surface area contributed by atoms with Crippen LogP contribution in [0.1, 0.15) is 19.8 Å². The summed E-state index contributed by atoms with van der Waals surface area (Å²) < 4.78 is 0. The molecule has 0 radical (unpaired) electrons. The van der Waals surface area contributed by atoms with Crippen LogP contribution in [0.4, 0.5) is 4.79 Å². The highest BCUT2D eigenvalue weighted by Crippen LogP contribution is 2.03. The van der Waals surface area contributed by atoms with Crippen molar-refractivity contribution < 1.29 is 19.5 Å². The number of likely N-dealkylation sites (N-methyl/N-ethyl adjacent to an activating group) is 1. The number of carboxylic acids is 1. The van der Waals surface area contributed by atoms with Crippen LogP contribution in [0.2, 0.25) is 0 Å². The second kappa shape index (κ2) is 6.23. The van der Waals surface area contributed by atoms with E-state index in [1.165, 1.54) is 4.90 Å². The molecular formula is C11H19N3O4. The fourth-order valence-corrected chi connectivity index (χ4v) is 1.72. The summed E-state index contributed by atoms with van der Waals surface area (Å²) in [5.41, 5.74) is 0. The molecular weight excluding hydrogens is 238 g/mol. The lowest BCUT2D eigenvalue weighted by atomic mass is 10.2. The molecule has 3 amide bonds. The molecule has 0 aromatic rings. The number of rotatable bonds is 4. The highest BCUT2D eigenvalue weighted by molar-refractivity contribution is 5.87. The Kier molecular flexibility index (Phi) is 4.94. The molecule has 1 atom stereocenters. The zero-order chi connectivity index (χ0) is 13.7. The molecule has 7 nitrogen and oxygen atoms in total. The minimum atomic E-state index is -1.05. The third-order valence-electron chi connectivity index (χ3n) is 2.92. The van der Waals surface area contributed by atoms with Gasteiger partial charge in [-0.1, -0.05) is 13.3 Å². The van der Waals surface area contributed by atoms with Crippen LogP contribution in [-0.2, 0) is 9.59 Å². The summed E-state index contributed by atoms with van der Waals surface area (Å²) in [5, 5.41) is 11.4. The highest BCUT2D eigenvalue weighted by Gasteiger charge is 2.27. The molecule has 1 saturated heterocycles. The fraction of sp³-hybridized carbons (Fsp3) is 0.727. The lowest BCUT2D eigenvalue weighted by molar-refractivity contribution is -0.139. The summed E-state index contributed by atoms with van der Waals surface area (Å²) in [7, 11) is 1.68. The molecule has 1 heterocycles. The number of hydrogen-bond donors (Lipinski definition) is 2. The molecule has 102 valence electrons. The molecule has 0 saturated carbocycles. The first-order valence-corrected chi connectivity index (χ1v) is 5.98. The predicted molar refractivity (Wildman–Crippen MR) is 64.1 cm³/mol. The Bertz CT molecular complexity index is 345. The van der Waals surface area contributed by atoms with Crippen molar-refractivity contribution in [1.29, 1.82) is 0 Å². The average molecular weight is 257 g/mol. The van der Waals surface area contributed by atoms with Crippen LogP contribution >= 0.6 is 0 Å². The lowest BCUT2D eigenvalue weighted by Gasteiger charge is -2.32. The summed E-state index contributed by atoms with van der Waals surface area (Å²) in [6.07, 6.45) is 1.04. The summed E-state index contributed by atoms with van der Waals surface area (Å²) >= 11 is 0. The van der Waals surface area contributed by atoms with Gasteiger partial charge in [0.1, 0.15) is 12.6 Å². The van der Waals surface area contributed by atoms with Gasteiger partial charge in [0.15, 0.2) is 0 Å². The maximum atomic E-state index is 11.8. The van der Waals surface area contributed by atoms with Gasteiger partial charge in [0.2, 0.25) is 5.91 Å². The highest BCUT2D eigenvalue weighted by atomic mass is 16.4. The Labute approximate surface area is 106 Å². The van der Waals surface area contributed by atoms with Crippen molar-refractivity contribution in [3.8, 4) is 0 Å². The van der Waals surface area contributed by atoms with Crippen LogP contribution < -0.4 is 5.32 Å². The first kappa shape index (κ1) is 14.3. The first-order valence-electron chi connectivity index (χ1n) is 5.98. The molecule has 2 N–H and O–H groups in total. The quantitative estimate of drug-likeness (QED) is 0.725. The number of urea groups is 1. The normalized spacial score (nSPS) is 17.6. The number of amides is 3. The van der Waals surface area contributed by atoms with Gasteiger partial charge in [0.25, 0.3) is 0 Å². The van der Waals surface area contributed by atoms with Crippen molar-refractivity contribution in [2.24, 2.45) is 0 Å². The monoisotopic (exact) mass is 257 g/mol. The Morgan fingerprint density at radius 1 is 1.44 bits per heavy atom. The number of carbonyl (C=O) groups excluding carboxylic acids is 2. The van der Waals surface area contributed by atoms with Crippen LogP contribution in [0.3, 0.4) is 0 Å². The summed E-state index contributed by atoms with van der Waals surface area (Å²) in [6, 6.07) is -1.38. The van der Waals surface area contributed by atoms with Crippen molar-refractivity contribution >= 4 is 17.9 Å². The van der Waals surface area contributed by atoms with Crippen LogP contribution in [-0.4, -0.2) is 65.5 Å². The number of piperazine rings is 1. The van der Waals surface area contributed by atoms with Gasteiger partial charge in [-0.25, -0.2) is 9.59 Å². The molecule has 0 spiro atoms. The first-order chi connectivity index (χ1) is 8.45. The van der Waals surface area contributed by atoms with Crippen LogP contribution in [0, 0.1) is 0 Å². The number of carboxylic acid groups (broad SMARTS) is 1. The maximum Gasteiger partial charge on any atom is 0.326 e. The molecule has 1 rings (SSSR count). The topological polar surface area (TPSA) is 90.0 Å². The molecule has 1 aliphatic heterocycles. The van der Waals surface area contributed by atoms with Gasteiger partial charge in [0, 0.05) is 20.1 Å². The number of nitrogens with zero attached hydrogens (tertiary/aromatic N) is 2. The van der Waals surface area contributed by atoms with E-state index in [1.807, 2.05) is 6.92 Å². The van der Waals surface area contributed by atoms with Crippen molar-refractivity contribution in [2.45, 2.75) is 25.8 Å². The van der Waals surface area contributed by atoms with Gasteiger partial charge in [-0.3, -0.25) is 4.79 Å². The molecule has 1 aliphatic rings. The van der Waals surface area contributed by atoms with Crippen molar-refractivity contribution in [3.63, 3.8) is 0 Å². The smallest absolute Gasteiger partial charge is 0.326 e. The Morgan fingerprint density at radius 3 is 2.61 bits per heavy atom. The van der Waals surface area contributed by atoms with Gasteiger partial charge < -0.3 is 20.2 Å². The minimum absolute atomic E-state index is 0.000791. The zero-order valence-corrected chi connectivity index (χ0v) is 10.7. The fourth-order valence-electron chi connectivity index (χ4n) is 1.72. The molecule has 18 heavy (non-hydrogen) atoms. The third-order valence-corrected chi connectivity index (χ3v) is 2.92. The second-order valence-electron chi connectivity index (χ2n) is 4.37. The van der Waals surface area contributed by atoms with Gasteiger partial charge in [-0.2, -0.15) is 0 Å². The van der Waals surface area contributed by atoms with Crippen molar-refractivity contribution in [3.05, 3.63) is 0 Å². The molecule has 1 unspecified atom stereocenters. The van der Waals surface area contributed by atoms with Crippen molar-refractivity contribution in [1.82, 2.24) is 15.1 Å². The van der Waals surface area contributed by atoms with Gasteiger partial charge in [0.05, 0.1) is 0 Å². The van der Waals surface area contributed by atoms with Crippen LogP contribution in [0.5, 0.6) is 0 Å². The van der Waals surface area contributed by atoms with E-state index >= 15 is 0 Å². The molecule has 1 fully saturated rings. The maximum absolute atomic E-state index is 11.8. The summed E-state index contributed by atoms with van der Waals surface area (Å²) in [4.78, 5) is 37.1. The van der Waals surface area contributed by atoms with Gasteiger partial charge >= 0.3 is 12.0 Å². The SMILES string of the molecule is CCCC(NC(=O)N1CCN(C)C(=O)C1)C(=O)O. The van der Waals surface area contributed by atoms with Crippen LogP contribution in [0.25, 0.3) is 0 Å². The van der Waals surface area contributed by atoms with E-state index in [9.17, 15) is 14.4 Å². The standard InChI is InChI=1S/C11H19N3O4/c1-3-4-8(10(16)17)12-11(18)14-6-5-13(2)9(15)7-14/h8H,3-7H2,1-2H3,(H,12,18)(H,16,17). The van der Waals surface area contributed by atoms with E-state index in [4.69, 9.17) is 5.11 Å². The van der Waals surface area contributed by atoms with E-state index in [0.29, 0.717) is 25.9 Å². The minimum Gasteiger partial charge on any atom is -0.480 e. The van der Waals surface area contributed by atoms with Crippen molar-refractivity contribution in [2.75, 3.05) is 26.7 Å². The Hall–Kier alpha value is -1.79. The second-order valence-corrected chi connectivity index (χ2v) is 4.37. The lowest BCUT2D eigenvalue weighted by Crippen LogP contribution is -2.55. The number of carbonyl (C=O) groups is 3. The van der Waals surface area contributed by atoms with Gasteiger partial charge in [-0.15, -0.1) is 0 Å². The largest absolute Gasteiger partial charge is 0.480 e. The zero-order valence-electron chi connectivity index (χ0n) is 10.7. The Balaban J connectivity index is 2.54. The number of hydrogen-bond acceptors (Lipinski definition) is 3. The van der Waals surface area contributed by atoms with E-state index in [2.05, 4.69) is 5.32 Å². The van der Waals surface area contributed by atoms with E-state index in [-0.39, 0.29) is 12.5 Å². The Morgan fingerprint density at radius 2 is 2.11 bits per heavy atom. The van der Waals surface area contributed by atoms with Crippen LogP contribution in [0.15, 0.2) is 0 Å². The third kappa shape index (κ3) is 3.61. The molecule has 0 aromatic heterocycles. The predicted octanol–water partition coefficient (Wildman–Crippen LogP) is -0.277. The summed E-state index contributed by atoms with van der Waals surface area (Å²) in [5.74, 6) is -1.19. The number of aliphatic carboxylic acids is 1. The van der Waals surface area contributed by atoms with E-state index < -0.39 is 18.0 Å². The molecule has 0 bridgehead atoms. The average Bonchev–Trinajstić information content (AvgIpc) is 2.31. The number of nitrogens with one attached hydrogen (secondary N) is 1. The van der Waals surface area contributed by atoms with E-state index in [0.717, 1.165) is 0 Å². The molecule has 0 aliphatic carbocycles. The molecule has 7 heteroatoms. The van der Waals surface area contributed by atoms with E-state index in [1.54, 1.807) is 11.9 Å². The summed E-state index contributed by atoms with van der Waals surface area (Å²) in [6.45, 7) is 2.74.